The number of halogens is 1. The topological polar surface area (TPSA) is 104 Å². The van der Waals surface area contributed by atoms with E-state index in [0.717, 1.165) is 76.2 Å². The quantitative estimate of drug-likeness (QED) is 0.0603. The molecule has 1 aliphatic carbocycles. The second kappa shape index (κ2) is 16.4. The lowest BCUT2D eigenvalue weighted by Crippen LogP contribution is -2.48. The highest BCUT2D eigenvalue weighted by molar-refractivity contribution is 14.1. The first-order valence-electron chi connectivity index (χ1n) is 19.5. The molecule has 5 heterocycles. The molecule has 0 unspecified atom stereocenters. The van der Waals surface area contributed by atoms with Gasteiger partial charge in [-0.25, -0.2) is 14.8 Å². The van der Waals surface area contributed by atoms with Crippen molar-refractivity contribution in [2.45, 2.75) is 134 Å². The Morgan fingerprint density at radius 2 is 1.55 bits per heavy atom. The summed E-state index contributed by atoms with van der Waals surface area (Å²) in [7, 11) is -2.56. The summed E-state index contributed by atoms with van der Waals surface area (Å²) in [5.41, 5.74) is 3.14. The molecule has 1 amide bonds. The molecule has 292 valence electrons. The highest BCUT2D eigenvalue weighted by Crippen LogP contribution is 2.46. The summed E-state index contributed by atoms with van der Waals surface area (Å²) in [6, 6.07) is 6.42. The number of anilines is 1. The van der Waals surface area contributed by atoms with Crippen LogP contribution in [0.25, 0.3) is 16.8 Å². The van der Waals surface area contributed by atoms with Crippen molar-refractivity contribution in [1.29, 1.82) is 0 Å². The van der Waals surface area contributed by atoms with E-state index in [1.807, 2.05) is 48.6 Å². The number of carbonyl (C=O) groups excluding carboxylic acids is 1. The molecule has 0 N–H and O–H groups in total. The molecule has 0 spiro atoms. The molecule has 14 heteroatoms. The minimum atomic E-state index is -1.28. The molecule has 53 heavy (non-hydrogen) atoms. The standard InChI is InChI=1S/C39H61IN6O5Si2/c1-39(2,3)51-38(47)45-30-13-14-31(45)21-29(20-30)35-34(40)37(44(25-48-16-18-52(4,5)6)26-49-17-19-53(7,8)9)46-36(43-35)32(23-42-46)28-12-15-33(41-22-28)50-24-27-10-11-27/h12,15,22-23,27,29-31H,10-11,13-14,16-21,24-26H2,1-9H3/t29-,30-,31+. The number of nitrogens with zero attached hydrogens (tertiary/aromatic N) is 6. The molecule has 3 aliphatic rings. The highest BCUT2D eigenvalue weighted by atomic mass is 127. The summed E-state index contributed by atoms with van der Waals surface area (Å²) in [5, 5.41) is 4.98. The van der Waals surface area contributed by atoms with Crippen LogP contribution in [-0.2, 0) is 14.2 Å². The van der Waals surface area contributed by atoms with Gasteiger partial charge in [0.05, 0.1) is 22.1 Å². The van der Waals surface area contributed by atoms with Crippen LogP contribution in [0.15, 0.2) is 24.5 Å². The van der Waals surface area contributed by atoms with E-state index in [0.29, 0.717) is 38.5 Å². The molecular weight excluding hydrogens is 816 g/mol. The third-order valence-corrected chi connectivity index (χ3v) is 14.8. The maximum atomic E-state index is 13.4. The normalized spacial score (nSPS) is 20.6. The van der Waals surface area contributed by atoms with Crippen LogP contribution in [0.5, 0.6) is 5.88 Å². The average Bonchev–Trinajstić information content (AvgIpc) is 3.74. The predicted molar refractivity (Wildman–Crippen MR) is 224 cm³/mol. The summed E-state index contributed by atoms with van der Waals surface area (Å²) in [6.45, 7) is 23.0. The summed E-state index contributed by atoms with van der Waals surface area (Å²) < 4.78 is 27.7. The second-order valence-electron chi connectivity index (χ2n) is 18.7. The van der Waals surface area contributed by atoms with Gasteiger partial charge in [0.15, 0.2) is 11.5 Å². The molecule has 2 bridgehead atoms. The summed E-state index contributed by atoms with van der Waals surface area (Å²) in [5.74, 6) is 2.40. The molecule has 3 aromatic rings. The number of amides is 1. The molecular formula is C39H61IN6O5Si2. The first-order chi connectivity index (χ1) is 25.0. The number of aromatic nitrogens is 4. The zero-order valence-electron chi connectivity index (χ0n) is 33.4. The molecule has 0 aromatic carbocycles. The van der Waals surface area contributed by atoms with Crippen molar-refractivity contribution in [3.8, 4) is 17.0 Å². The molecule has 2 saturated heterocycles. The van der Waals surface area contributed by atoms with Gasteiger partial charge in [-0.2, -0.15) is 9.61 Å². The highest BCUT2D eigenvalue weighted by Gasteiger charge is 2.46. The van der Waals surface area contributed by atoms with Gasteiger partial charge in [-0.1, -0.05) is 39.3 Å². The van der Waals surface area contributed by atoms with E-state index in [9.17, 15) is 4.79 Å². The van der Waals surface area contributed by atoms with Crippen LogP contribution < -0.4 is 9.64 Å². The SMILES string of the molecule is CC(C)(C)OC(=O)N1[C@@H]2CC[C@H]1C[C@H](c1nc3c(-c4ccc(OCC5CC5)nc4)cnn3c(N(COCC[Si](C)(C)C)COCC[Si](C)(C)C)c1I)C2. The third kappa shape index (κ3) is 10.7. The van der Waals surface area contributed by atoms with Crippen LogP contribution in [0, 0.1) is 9.49 Å². The maximum absolute atomic E-state index is 13.4. The largest absolute Gasteiger partial charge is 0.477 e. The first-order valence-corrected chi connectivity index (χ1v) is 28.0. The van der Waals surface area contributed by atoms with Crippen LogP contribution in [0.4, 0.5) is 10.6 Å². The van der Waals surface area contributed by atoms with Crippen molar-refractivity contribution in [3.05, 3.63) is 33.8 Å². The maximum Gasteiger partial charge on any atom is 0.410 e. The summed E-state index contributed by atoms with van der Waals surface area (Å²) >= 11 is 2.48. The van der Waals surface area contributed by atoms with E-state index in [-0.39, 0.29) is 24.1 Å². The van der Waals surface area contributed by atoms with Gasteiger partial charge in [0.25, 0.3) is 0 Å². The van der Waals surface area contributed by atoms with E-state index < -0.39 is 21.7 Å². The van der Waals surface area contributed by atoms with E-state index in [1.54, 1.807) is 0 Å². The Bertz CT molecular complexity index is 1680. The second-order valence-corrected chi connectivity index (χ2v) is 31.1. The zero-order chi connectivity index (χ0) is 38.1. The molecule has 1 saturated carbocycles. The van der Waals surface area contributed by atoms with Crippen LogP contribution >= 0.6 is 22.6 Å². The Labute approximate surface area is 332 Å². The van der Waals surface area contributed by atoms with Crippen LogP contribution in [0.3, 0.4) is 0 Å². The lowest BCUT2D eigenvalue weighted by molar-refractivity contribution is 0.00566. The number of fused-ring (bicyclic) bond motifs is 3. The Kier molecular flexibility index (Phi) is 12.5. The fraction of sp³-hybridized carbons (Fsp3) is 0.692. The van der Waals surface area contributed by atoms with E-state index in [2.05, 4.69) is 77.8 Å². The smallest absolute Gasteiger partial charge is 0.410 e. The van der Waals surface area contributed by atoms with Gasteiger partial charge in [0.1, 0.15) is 19.1 Å². The van der Waals surface area contributed by atoms with Crippen LogP contribution in [0.1, 0.15) is 70.9 Å². The molecule has 6 rings (SSSR count). The monoisotopic (exact) mass is 876 g/mol. The van der Waals surface area contributed by atoms with Gasteiger partial charge in [-0.05, 0) is 106 Å². The van der Waals surface area contributed by atoms with Gasteiger partial charge >= 0.3 is 6.09 Å². The molecule has 3 fully saturated rings. The van der Waals surface area contributed by atoms with Gasteiger partial charge < -0.3 is 28.7 Å². The Morgan fingerprint density at radius 1 is 0.925 bits per heavy atom. The van der Waals surface area contributed by atoms with Crippen molar-refractivity contribution < 1.29 is 23.7 Å². The fourth-order valence-corrected chi connectivity index (χ4v) is 9.76. The minimum Gasteiger partial charge on any atom is -0.477 e. The van der Waals surface area contributed by atoms with E-state index in [4.69, 9.17) is 29.0 Å². The Morgan fingerprint density at radius 3 is 2.08 bits per heavy atom. The van der Waals surface area contributed by atoms with E-state index >= 15 is 0 Å². The third-order valence-electron chi connectivity index (χ3n) is 10.3. The lowest BCUT2D eigenvalue weighted by atomic mass is 9.88. The lowest BCUT2D eigenvalue weighted by Gasteiger charge is -2.39. The molecule has 3 atom stereocenters. The van der Waals surface area contributed by atoms with Crippen molar-refractivity contribution in [2.24, 2.45) is 5.92 Å². The van der Waals surface area contributed by atoms with E-state index in [1.165, 1.54) is 12.8 Å². The fourth-order valence-electron chi connectivity index (χ4n) is 7.11. The number of rotatable bonds is 16. The Hall–Kier alpha value is -2.28. The van der Waals surface area contributed by atoms with Crippen molar-refractivity contribution in [2.75, 3.05) is 38.2 Å². The van der Waals surface area contributed by atoms with Gasteiger partial charge in [-0.3, -0.25) is 0 Å². The molecule has 3 aromatic heterocycles. The first kappa shape index (κ1) is 40.4. The van der Waals surface area contributed by atoms with Crippen molar-refractivity contribution >= 4 is 56.3 Å². The van der Waals surface area contributed by atoms with Gasteiger partial charge in [-0.15, -0.1) is 0 Å². The number of pyridine rings is 1. The molecule has 0 radical (unpaired) electrons. The van der Waals surface area contributed by atoms with Gasteiger partial charge in [0, 0.05) is 70.8 Å². The van der Waals surface area contributed by atoms with Crippen molar-refractivity contribution in [3.63, 3.8) is 0 Å². The minimum absolute atomic E-state index is 0.119. The average molecular weight is 877 g/mol. The summed E-state index contributed by atoms with van der Waals surface area (Å²) in [4.78, 5) is 27.7. The molecule has 2 aliphatic heterocycles. The number of piperidine rings is 1. The van der Waals surface area contributed by atoms with Crippen molar-refractivity contribution in [1.82, 2.24) is 24.5 Å². The van der Waals surface area contributed by atoms with Crippen LogP contribution in [0.2, 0.25) is 51.4 Å². The zero-order valence-corrected chi connectivity index (χ0v) is 37.6. The molecule has 11 nitrogen and oxygen atoms in total. The van der Waals surface area contributed by atoms with Crippen LogP contribution in [-0.4, -0.2) is 97.7 Å². The number of hydrogen-bond donors (Lipinski definition) is 0. The number of carbonyl (C=O) groups is 1. The Balaban J connectivity index is 1.36. The summed E-state index contributed by atoms with van der Waals surface area (Å²) in [6.07, 6.45) is 9.68. The predicted octanol–water partition coefficient (Wildman–Crippen LogP) is 9.26. The van der Waals surface area contributed by atoms with Gasteiger partial charge in [0.2, 0.25) is 5.88 Å². The number of hydrogen-bond acceptors (Lipinski definition) is 9. The number of ether oxygens (including phenoxy) is 4.